The zero-order valence-electron chi connectivity index (χ0n) is 12.9. The average Bonchev–Trinajstić information content (AvgIpc) is 2.53. The van der Waals surface area contributed by atoms with Crippen LogP contribution in [0.25, 0.3) is 11.0 Å². The van der Waals surface area contributed by atoms with Crippen LogP contribution in [0.15, 0.2) is 30.5 Å². The number of methoxy groups -OCH3 is 1. The van der Waals surface area contributed by atoms with Crippen molar-refractivity contribution in [3.05, 3.63) is 36.2 Å². The number of esters is 1. The Kier molecular flexibility index (Phi) is 5.04. The van der Waals surface area contributed by atoms with E-state index in [-0.39, 0.29) is 36.0 Å². The van der Waals surface area contributed by atoms with E-state index in [4.69, 9.17) is 0 Å². The molecule has 1 aromatic carbocycles. The lowest BCUT2D eigenvalue weighted by atomic mass is 10.0. The summed E-state index contributed by atoms with van der Waals surface area (Å²) in [6.45, 7) is 3.86. The Morgan fingerprint density at radius 2 is 1.91 bits per heavy atom. The summed E-state index contributed by atoms with van der Waals surface area (Å²) in [4.78, 5) is 32.2. The van der Waals surface area contributed by atoms with Crippen molar-refractivity contribution < 1.29 is 14.3 Å². The highest BCUT2D eigenvalue weighted by Gasteiger charge is 2.21. The standard InChI is InChI=1S/C16H19N3O3/c1-10(2)13(8-15(20)22-3)19-16(21)14-9-17-11-6-4-5-7-12(11)18-14/h4-7,9-10,13H,8H2,1-3H3,(H,19,21). The third-order valence-electron chi connectivity index (χ3n) is 3.42. The number of rotatable bonds is 5. The lowest BCUT2D eigenvalue weighted by Crippen LogP contribution is -2.40. The summed E-state index contributed by atoms with van der Waals surface area (Å²) in [5.41, 5.74) is 1.62. The molecule has 1 aromatic heterocycles. The van der Waals surface area contributed by atoms with Crippen LogP contribution >= 0.6 is 0 Å². The van der Waals surface area contributed by atoms with Crippen LogP contribution in [0.5, 0.6) is 0 Å². The Hall–Kier alpha value is -2.50. The highest BCUT2D eigenvalue weighted by atomic mass is 16.5. The molecule has 1 N–H and O–H groups in total. The van der Waals surface area contributed by atoms with Gasteiger partial charge in [0.15, 0.2) is 0 Å². The number of ether oxygens (including phenoxy) is 1. The van der Waals surface area contributed by atoms with E-state index in [1.807, 2.05) is 32.0 Å². The second-order valence-corrected chi connectivity index (χ2v) is 5.35. The molecule has 0 radical (unpaired) electrons. The van der Waals surface area contributed by atoms with Gasteiger partial charge in [-0.1, -0.05) is 26.0 Å². The topological polar surface area (TPSA) is 81.2 Å². The number of carbonyl (C=O) groups is 2. The second kappa shape index (κ2) is 6.98. The molecule has 0 saturated heterocycles. The van der Waals surface area contributed by atoms with Crippen molar-refractivity contribution in [1.82, 2.24) is 15.3 Å². The molecule has 0 saturated carbocycles. The molecule has 0 aliphatic heterocycles. The van der Waals surface area contributed by atoms with Crippen LogP contribution in [0.1, 0.15) is 30.8 Å². The predicted molar refractivity (Wildman–Crippen MR) is 82.3 cm³/mol. The minimum Gasteiger partial charge on any atom is -0.469 e. The Balaban J connectivity index is 2.15. The van der Waals surface area contributed by atoms with E-state index in [1.54, 1.807) is 6.07 Å². The summed E-state index contributed by atoms with van der Waals surface area (Å²) in [5.74, 6) is -0.610. The molecule has 6 nitrogen and oxygen atoms in total. The van der Waals surface area contributed by atoms with Gasteiger partial charge in [-0.05, 0) is 18.1 Å². The van der Waals surface area contributed by atoms with Crippen molar-refractivity contribution in [3.63, 3.8) is 0 Å². The maximum atomic E-state index is 12.3. The molecular formula is C16H19N3O3. The molecule has 6 heteroatoms. The smallest absolute Gasteiger partial charge is 0.307 e. The zero-order chi connectivity index (χ0) is 16.1. The number of nitrogens with zero attached hydrogens (tertiary/aromatic N) is 2. The van der Waals surface area contributed by atoms with E-state index in [0.29, 0.717) is 5.52 Å². The molecule has 2 aromatic rings. The van der Waals surface area contributed by atoms with Crippen LogP contribution in [-0.2, 0) is 9.53 Å². The summed E-state index contributed by atoms with van der Waals surface area (Å²) in [7, 11) is 1.33. The van der Waals surface area contributed by atoms with Gasteiger partial charge in [0.1, 0.15) is 5.69 Å². The highest BCUT2D eigenvalue weighted by molar-refractivity contribution is 5.94. The fourth-order valence-electron chi connectivity index (χ4n) is 2.03. The molecule has 116 valence electrons. The van der Waals surface area contributed by atoms with Gasteiger partial charge in [-0.2, -0.15) is 0 Å². The lowest BCUT2D eigenvalue weighted by Gasteiger charge is -2.21. The van der Waals surface area contributed by atoms with Gasteiger partial charge in [0.25, 0.3) is 5.91 Å². The van der Waals surface area contributed by atoms with Gasteiger partial charge in [-0.15, -0.1) is 0 Å². The van der Waals surface area contributed by atoms with E-state index < -0.39 is 0 Å². The molecule has 0 aliphatic carbocycles. The second-order valence-electron chi connectivity index (χ2n) is 5.35. The number of benzene rings is 1. The number of fused-ring (bicyclic) bond motifs is 1. The number of aromatic nitrogens is 2. The summed E-state index contributed by atoms with van der Waals surface area (Å²) < 4.78 is 4.66. The number of nitrogens with one attached hydrogen (secondary N) is 1. The number of amides is 1. The summed E-state index contributed by atoms with van der Waals surface area (Å²) in [5, 5.41) is 2.82. The molecule has 0 aliphatic rings. The number of hydrogen-bond acceptors (Lipinski definition) is 5. The summed E-state index contributed by atoms with van der Waals surface area (Å²) in [6.07, 6.45) is 1.56. The Bertz CT molecular complexity index is 685. The van der Waals surface area contributed by atoms with Crippen molar-refractivity contribution in [2.75, 3.05) is 7.11 Å². The zero-order valence-corrected chi connectivity index (χ0v) is 12.9. The van der Waals surface area contributed by atoms with Gasteiger partial charge >= 0.3 is 5.97 Å². The molecule has 0 bridgehead atoms. The molecule has 1 heterocycles. The fourth-order valence-corrected chi connectivity index (χ4v) is 2.03. The Morgan fingerprint density at radius 1 is 1.23 bits per heavy atom. The van der Waals surface area contributed by atoms with Gasteiger partial charge in [0.2, 0.25) is 0 Å². The monoisotopic (exact) mass is 301 g/mol. The number of para-hydroxylation sites is 2. The highest BCUT2D eigenvalue weighted by Crippen LogP contribution is 2.11. The predicted octanol–water partition coefficient (Wildman–Crippen LogP) is 1.95. The normalized spacial score (nSPS) is 12.2. The fraction of sp³-hybridized carbons (Fsp3) is 0.375. The molecular weight excluding hydrogens is 282 g/mol. The maximum absolute atomic E-state index is 12.3. The van der Waals surface area contributed by atoms with E-state index in [9.17, 15) is 9.59 Å². The third kappa shape index (κ3) is 3.78. The van der Waals surface area contributed by atoms with Crippen LogP contribution in [0, 0.1) is 5.92 Å². The first-order valence-electron chi connectivity index (χ1n) is 7.10. The molecule has 0 fully saturated rings. The molecule has 2 rings (SSSR count). The van der Waals surface area contributed by atoms with Crippen LogP contribution in [0.3, 0.4) is 0 Å². The first kappa shape index (κ1) is 15.9. The molecule has 22 heavy (non-hydrogen) atoms. The lowest BCUT2D eigenvalue weighted by molar-refractivity contribution is -0.141. The van der Waals surface area contributed by atoms with E-state index in [1.165, 1.54) is 13.3 Å². The SMILES string of the molecule is COC(=O)CC(NC(=O)c1cnc2ccccc2n1)C(C)C. The first-order valence-corrected chi connectivity index (χ1v) is 7.10. The first-order chi connectivity index (χ1) is 10.5. The van der Waals surface area contributed by atoms with Crippen LogP contribution in [-0.4, -0.2) is 35.0 Å². The van der Waals surface area contributed by atoms with Crippen molar-refractivity contribution >= 4 is 22.9 Å². The van der Waals surface area contributed by atoms with E-state index >= 15 is 0 Å². The Labute approximate surface area is 128 Å². The molecule has 1 atom stereocenters. The van der Waals surface area contributed by atoms with Crippen molar-refractivity contribution in [1.29, 1.82) is 0 Å². The summed E-state index contributed by atoms with van der Waals surface area (Å²) in [6, 6.07) is 7.02. The average molecular weight is 301 g/mol. The third-order valence-corrected chi connectivity index (χ3v) is 3.42. The molecule has 1 unspecified atom stereocenters. The van der Waals surface area contributed by atoms with Crippen molar-refractivity contribution in [2.45, 2.75) is 26.3 Å². The largest absolute Gasteiger partial charge is 0.469 e. The van der Waals surface area contributed by atoms with Crippen LogP contribution in [0.4, 0.5) is 0 Å². The number of hydrogen-bond donors (Lipinski definition) is 1. The number of carbonyl (C=O) groups excluding carboxylic acids is 2. The molecule has 0 spiro atoms. The molecule has 1 amide bonds. The van der Waals surface area contributed by atoms with Gasteiger partial charge in [0, 0.05) is 6.04 Å². The Morgan fingerprint density at radius 3 is 2.55 bits per heavy atom. The maximum Gasteiger partial charge on any atom is 0.307 e. The van der Waals surface area contributed by atoms with Gasteiger partial charge in [0.05, 0.1) is 30.8 Å². The van der Waals surface area contributed by atoms with Gasteiger partial charge in [-0.25, -0.2) is 4.98 Å². The summed E-state index contributed by atoms with van der Waals surface area (Å²) >= 11 is 0. The quantitative estimate of drug-likeness (QED) is 0.854. The van der Waals surface area contributed by atoms with Gasteiger partial charge in [-0.3, -0.25) is 14.6 Å². The minimum atomic E-state index is -0.358. The van der Waals surface area contributed by atoms with Crippen LogP contribution in [0.2, 0.25) is 0 Å². The van der Waals surface area contributed by atoms with E-state index in [0.717, 1.165) is 5.52 Å². The van der Waals surface area contributed by atoms with Crippen molar-refractivity contribution in [3.8, 4) is 0 Å². The van der Waals surface area contributed by atoms with Crippen LogP contribution < -0.4 is 5.32 Å². The minimum absolute atomic E-state index is 0.0939. The van der Waals surface area contributed by atoms with E-state index in [2.05, 4.69) is 20.0 Å². The van der Waals surface area contributed by atoms with Crippen molar-refractivity contribution in [2.24, 2.45) is 5.92 Å². The van der Waals surface area contributed by atoms with Gasteiger partial charge < -0.3 is 10.1 Å².